The third-order valence-corrected chi connectivity index (χ3v) is 3.98. The maximum atomic E-state index is 12.5. The highest BCUT2D eigenvalue weighted by Crippen LogP contribution is 2.22. The molecule has 2 aromatic rings. The Morgan fingerprint density at radius 2 is 2.19 bits per heavy atom. The lowest BCUT2D eigenvalue weighted by Gasteiger charge is -2.32. The quantitative estimate of drug-likeness (QED) is 0.863. The van der Waals surface area contributed by atoms with Crippen molar-refractivity contribution in [2.24, 2.45) is 0 Å². The maximum Gasteiger partial charge on any atom is 0.328 e. The number of ether oxygens (including phenoxy) is 1. The highest BCUT2D eigenvalue weighted by atomic mass is 79.9. The van der Waals surface area contributed by atoms with E-state index in [1.54, 1.807) is 6.07 Å². The SMILES string of the molecule is O=C(O)C1COCCN1C(=O)c1cc2ccc(Br)cc2[nH]1. The van der Waals surface area contributed by atoms with Crippen molar-refractivity contribution < 1.29 is 19.4 Å². The number of fused-ring (bicyclic) bond motifs is 1. The number of carboxylic acid groups (broad SMARTS) is 1. The van der Waals surface area contributed by atoms with Gasteiger partial charge in [0, 0.05) is 21.9 Å². The van der Waals surface area contributed by atoms with Gasteiger partial charge in [0.05, 0.1) is 13.2 Å². The third kappa shape index (κ3) is 2.66. The number of aromatic amines is 1. The summed E-state index contributed by atoms with van der Waals surface area (Å²) < 4.78 is 6.05. The largest absolute Gasteiger partial charge is 0.480 e. The molecule has 21 heavy (non-hydrogen) atoms. The van der Waals surface area contributed by atoms with E-state index >= 15 is 0 Å². The monoisotopic (exact) mass is 352 g/mol. The summed E-state index contributed by atoms with van der Waals surface area (Å²) in [4.78, 5) is 28.1. The minimum absolute atomic E-state index is 0.0207. The molecule has 1 aliphatic rings. The Bertz CT molecular complexity index is 712. The number of aromatic nitrogens is 1. The maximum absolute atomic E-state index is 12.5. The summed E-state index contributed by atoms with van der Waals surface area (Å²) in [5.74, 6) is -1.38. The van der Waals surface area contributed by atoms with Crippen molar-refractivity contribution in [3.63, 3.8) is 0 Å². The molecule has 2 N–H and O–H groups in total. The van der Waals surface area contributed by atoms with Crippen LogP contribution in [0.5, 0.6) is 0 Å². The lowest BCUT2D eigenvalue weighted by molar-refractivity contribution is -0.147. The first-order chi connectivity index (χ1) is 10.1. The lowest BCUT2D eigenvalue weighted by Crippen LogP contribution is -2.52. The van der Waals surface area contributed by atoms with E-state index in [1.165, 1.54) is 4.90 Å². The summed E-state index contributed by atoms with van der Waals surface area (Å²) in [6, 6.07) is 6.45. The second kappa shape index (κ2) is 5.50. The zero-order valence-corrected chi connectivity index (χ0v) is 12.6. The number of nitrogens with one attached hydrogen (secondary N) is 1. The highest BCUT2D eigenvalue weighted by Gasteiger charge is 2.33. The first-order valence-electron chi connectivity index (χ1n) is 6.46. The molecule has 1 fully saturated rings. The third-order valence-electron chi connectivity index (χ3n) is 3.49. The molecule has 1 aliphatic heterocycles. The van der Waals surface area contributed by atoms with E-state index in [2.05, 4.69) is 20.9 Å². The topological polar surface area (TPSA) is 82.6 Å². The number of hydrogen-bond acceptors (Lipinski definition) is 3. The fourth-order valence-electron chi connectivity index (χ4n) is 2.42. The van der Waals surface area contributed by atoms with Crippen LogP contribution in [-0.2, 0) is 9.53 Å². The van der Waals surface area contributed by atoms with Gasteiger partial charge < -0.3 is 19.7 Å². The molecule has 7 heteroatoms. The van der Waals surface area contributed by atoms with Crippen LogP contribution < -0.4 is 0 Å². The summed E-state index contributed by atoms with van der Waals surface area (Å²) >= 11 is 3.37. The molecule has 1 amide bonds. The Kier molecular flexibility index (Phi) is 3.69. The molecule has 0 saturated carbocycles. The summed E-state index contributed by atoms with van der Waals surface area (Å²) in [6.07, 6.45) is 0. The first kappa shape index (κ1) is 14.1. The van der Waals surface area contributed by atoms with E-state index in [0.29, 0.717) is 12.3 Å². The average molecular weight is 353 g/mol. The Morgan fingerprint density at radius 1 is 1.38 bits per heavy atom. The second-order valence-electron chi connectivity index (χ2n) is 4.84. The van der Waals surface area contributed by atoms with Crippen molar-refractivity contribution in [2.45, 2.75) is 6.04 Å². The van der Waals surface area contributed by atoms with Crippen LogP contribution in [0, 0.1) is 0 Å². The van der Waals surface area contributed by atoms with Crippen molar-refractivity contribution in [2.75, 3.05) is 19.8 Å². The van der Waals surface area contributed by atoms with E-state index in [4.69, 9.17) is 4.74 Å². The number of morpholine rings is 1. The van der Waals surface area contributed by atoms with Gasteiger partial charge in [-0.05, 0) is 18.2 Å². The predicted octanol–water partition coefficient (Wildman–Crippen LogP) is 1.86. The number of hydrogen-bond donors (Lipinski definition) is 2. The van der Waals surface area contributed by atoms with E-state index < -0.39 is 12.0 Å². The molecular formula is C14H13BrN2O4. The Morgan fingerprint density at radius 3 is 2.95 bits per heavy atom. The number of halogens is 1. The fourth-order valence-corrected chi connectivity index (χ4v) is 2.78. The predicted molar refractivity (Wildman–Crippen MR) is 79.3 cm³/mol. The molecule has 0 bridgehead atoms. The Hall–Kier alpha value is -1.86. The highest BCUT2D eigenvalue weighted by molar-refractivity contribution is 9.10. The standard InChI is InChI=1S/C14H13BrN2O4/c15-9-2-1-8-5-11(16-10(8)6-9)13(18)17-3-4-21-7-12(17)14(19)20/h1-2,5-6,12,16H,3-4,7H2,(H,19,20). The van der Waals surface area contributed by atoms with Crippen molar-refractivity contribution in [1.82, 2.24) is 9.88 Å². The molecule has 1 saturated heterocycles. The lowest BCUT2D eigenvalue weighted by atomic mass is 10.2. The van der Waals surface area contributed by atoms with Crippen LogP contribution in [0.25, 0.3) is 10.9 Å². The summed E-state index contributed by atoms with van der Waals surface area (Å²) in [6.45, 7) is 0.642. The van der Waals surface area contributed by atoms with E-state index in [1.807, 2.05) is 18.2 Å². The molecule has 110 valence electrons. The van der Waals surface area contributed by atoms with Gasteiger partial charge in [0.1, 0.15) is 5.69 Å². The second-order valence-corrected chi connectivity index (χ2v) is 5.76. The van der Waals surface area contributed by atoms with Crippen LogP contribution in [0.15, 0.2) is 28.7 Å². The van der Waals surface area contributed by atoms with Crippen molar-refractivity contribution in [1.29, 1.82) is 0 Å². The Balaban J connectivity index is 1.93. The van der Waals surface area contributed by atoms with Crippen LogP contribution in [0.4, 0.5) is 0 Å². The minimum Gasteiger partial charge on any atom is -0.480 e. The van der Waals surface area contributed by atoms with Crippen molar-refractivity contribution >= 4 is 38.7 Å². The van der Waals surface area contributed by atoms with Crippen molar-refractivity contribution in [3.8, 4) is 0 Å². The van der Waals surface area contributed by atoms with Crippen LogP contribution in [0.2, 0.25) is 0 Å². The zero-order valence-electron chi connectivity index (χ0n) is 11.0. The van der Waals surface area contributed by atoms with Crippen LogP contribution >= 0.6 is 15.9 Å². The molecule has 0 radical (unpaired) electrons. The molecular weight excluding hydrogens is 340 g/mol. The van der Waals surface area contributed by atoms with E-state index in [9.17, 15) is 14.7 Å². The van der Waals surface area contributed by atoms with Gasteiger partial charge >= 0.3 is 5.97 Å². The summed E-state index contributed by atoms with van der Waals surface area (Å²) in [5.41, 5.74) is 1.21. The summed E-state index contributed by atoms with van der Waals surface area (Å²) in [7, 11) is 0. The number of H-pyrrole nitrogens is 1. The average Bonchev–Trinajstić information content (AvgIpc) is 2.89. The zero-order chi connectivity index (χ0) is 15.0. The molecule has 1 unspecified atom stereocenters. The number of carboxylic acids is 1. The number of amides is 1. The van der Waals surface area contributed by atoms with Gasteiger partial charge in [0.2, 0.25) is 0 Å². The van der Waals surface area contributed by atoms with Gasteiger partial charge in [-0.3, -0.25) is 4.79 Å². The fraction of sp³-hybridized carbons (Fsp3) is 0.286. The molecule has 3 rings (SSSR count). The van der Waals surface area contributed by atoms with Gasteiger partial charge in [0.25, 0.3) is 5.91 Å². The van der Waals surface area contributed by atoms with Gasteiger partial charge in [0.15, 0.2) is 6.04 Å². The van der Waals surface area contributed by atoms with Crippen molar-refractivity contribution in [3.05, 3.63) is 34.4 Å². The molecule has 0 spiro atoms. The smallest absolute Gasteiger partial charge is 0.328 e. The number of carbonyl (C=O) groups excluding carboxylic acids is 1. The van der Waals surface area contributed by atoms with E-state index in [0.717, 1.165) is 15.4 Å². The minimum atomic E-state index is -1.05. The first-order valence-corrected chi connectivity index (χ1v) is 7.25. The van der Waals surface area contributed by atoms with E-state index in [-0.39, 0.29) is 19.1 Å². The molecule has 1 aromatic carbocycles. The molecule has 1 atom stereocenters. The molecule has 6 nitrogen and oxygen atoms in total. The molecule has 0 aliphatic carbocycles. The van der Waals surface area contributed by atoms with Gasteiger partial charge in [-0.1, -0.05) is 22.0 Å². The van der Waals surface area contributed by atoms with Crippen LogP contribution in [-0.4, -0.2) is 52.7 Å². The molecule has 1 aromatic heterocycles. The Labute approximate surface area is 128 Å². The number of nitrogens with zero attached hydrogens (tertiary/aromatic N) is 1. The number of carbonyl (C=O) groups is 2. The van der Waals surface area contributed by atoms with Crippen LogP contribution in [0.3, 0.4) is 0 Å². The molecule has 2 heterocycles. The number of benzene rings is 1. The van der Waals surface area contributed by atoms with Gasteiger partial charge in [-0.2, -0.15) is 0 Å². The van der Waals surface area contributed by atoms with Gasteiger partial charge in [-0.25, -0.2) is 4.79 Å². The number of rotatable bonds is 2. The normalized spacial score (nSPS) is 18.9. The van der Waals surface area contributed by atoms with Crippen LogP contribution in [0.1, 0.15) is 10.5 Å². The summed E-state index contributed by atoms with van der Waals surface area (Å²) in [5, 5.41) is 10.1. The number of aliphatic carboxylic acids is 1. The van der Waals surface area contributed by atoms with Gasteiger partial charge in [-0.15, -0.1) is 0 Å².